The Balaban J connectivity index is 2.35. The van der Waals surface area contributed by atoms with Gasteiger partial charge in [-0.25, -0.2) is 4.98 Å². The van der Waals surface area contributed by atoms with Crippen molar-refractivity contribution in [2.75, 3.05) is 0 Å². The standard InChI is InChI=1S/C13H10F3N3OS/c1-7-3-11(13(14,15)16)10(5-17)12(18-7)21-6-9-4-8(2)20-19-9/h3-4H,6H2,1-2H3. The number of alkyl halides is 3. The summed E-state index contributed by atoms with van der Waals surface area (Å²) in [5, 5.41) is 12.8. The van der Waals surface area contributed by atoms with Crippen LogP contribution in [0.5, 0.6) is 0 Å². The molecule has 0 saturated carbocycles. The van der Waals surface area contributed by atoms with E-state index < -0.39 is 17.3 Å². The summed E-state index contributed by atoms with van der Waals surface area (Å²) in [7, 11) is 0. The molecule has 0 unspecified atom stereocenters. The number of hydrogen-bond donors (Lipinski definition) is 0. The van der Waals surface area contributed by atoms with Crippen molar-refractivity contribution in [1.29, 1.82) is 5.26 Å². The molecule has 8 heteroatoms. The number of aromatic nitrogens is 2. The van der Waals surface area contributed by atoms with Crippen LogP contribution < -0.4 is 0 Å². The van der Waals surface area contributed by atoms with Crippen molar-refractivity contribution >= 4 is 11.8 Å². The number of thioether (sulfide) groups is 1. The predicted octanol–water partition coefficient (Wildman–Crippen LogP) is 3.87. The van der Waals surface area contributed by atoms with Crippen molar-refractivity contribution < 1.29 is 17.7 Å². The summed E-state index contributed by atoms with van der Waals surface area (Å²) < 4.78 is 43.7. The molecular formula is C13H10F3N3OS. The Hall–Kier alpha value is -2.01. The van der Waals surface area contributed by atoms with Gasteiger partial charge >= 0.3 is 6.18 Å². The second kappa shape index (κ2) is 5.77. The molecule has 0 atom stereocenters. The number of pyridine rings is 1. The van der Waals surface area contributed by atoms with E-state index in [1.54, 1.807) is 19.1 Å². The van der Waals surface area contributed by atoms with E-state index in [1.165, 1.54) is 6.92 Å². The van der Waals surface area contributed by atoms with E-state index in [2.05, 4.69) is 10.1 Å². The predicted molar refractivity (Wildman–Crippen MR) is 69.5 cm³/mol. The minimum atomic E-state index is -4.58. The molecule has 0 N–H and O–H groups in total. The molecule has 0 bridgehead atoms. The van der Waals surface area contributed by atoms with E-state index in [1.807, 2.05) is 0 Å². The Morgan fingerprint density at radius 3 is 2.57 bits per heavy atom. The van der Waals surface area contributed by atoms with Crippen molar-refractivity contribution in [2.24, 2.45) is 0 Å². The molecule has 0 aliphatic heterocycles. The molecule has 0 spiro atoms. The third-order valence-corrected chi connectivity index (χ3v) is 3.57. The fraction of sp³-hybridized carbons (Fsp3) is 0.308. The summed E-state index contributed by atoms with van der Waals surface area (Å²) in [6, 6.07) is 4.15. The topological polar surface area (TPSA) is 62.7 Å². The van der Waals surface area contributed by atoms with E-state index in [4.69, 9.17) is 9.78 Å². The highest BCUT2D eigenvalue weighted by Crippen LogP contribution is 2.36. The zero-order chi connectivity index (χ0) is 15.6. The molecule has 2 rings (SSSR count). The lowest BCUT2D eigenvalue weighted by Crippen LogP contribution is -2.10. The molecule has 0 aromatic carbocycles. The molecule has 21 heavy (non-hydrogen) atoms. The maximum atomic E-state index is 12.9. The van der Waals surface area contributed by atoms with E-state index in [0.29, 0.717) is 11.5 Å². The Kier molecular flexibility index (Phi) is 4.23. The van der Waals surface area contributed by atoms with Gasteiger partial charge in [0, 0.05) is 17.5 Å². The first-order valence-corrected chi connectivity index (χ1v) is 6.83. The maximum absolute atomic E-state index is 12.9. The van der Waals surface area contributed by atoms with E-state index in [9.17, 15) is 13.2 Å². The van der Waals surface area contributed by atoms with Crippen LogP contribution in [0, 0.1) is 25.2 Å². The van der Waals surface area contributed by atoms with Crippen LogP contribution in [-0.4, -0.2) is 10.1 Å². The lowest BCUT2D eigenvalue weighted by atomic mass is 10.1. The van der Waals surface area contributed by atoms with Gasteiger partial charge in [0.1, 0.15) is 16.9 Å². The largest absolute Gasteiger partial charge is 0.417 e. The van der Waals surface area contributed by atoms with Crippen molar-refractivity contribution in [3.63, 3.8) is 0 Å². The van der Waals surface area contributed by atoms with Crippen molar-refractivity contribution in [3.05, 3.63) is 40.4 Å². The minimum Gasteiger partial charge on any atom is -0.361 e. The third kappa shape index (κ3) is 3.55. The maximum Gasteiger partial charge on any atom is 0.417 e. The van der Waals surface area contributed by atoms with Gasteiger partial charge in [-0.05, 0) is 19.9 Å². The minimum absolute atomic E-state index is 0.0467. The summed E-state index contributed by atoms with van der Waals surface area (Å²) in [6.45, 7) is 3.18. The third-order valence-electron chi connectivity index (χ3n) is 2.57. The van der Waals surface area contributed by atoms with Gasteiger partial charge in [-0.2, -0.15) is 18.4 Å². The van der Waals surface area contributed by atoms with Gasteiger partial charge in [0.2, 0.25) is 0 Å². The van der Waals surface area contributed by atoms with Crippen LogP contribution in [0.2, 0.25) is 0 Å². The highest BCUT2D eigenvalue weighted by molar-refractivity contribution is 7.98. The number of rotatable bonds is 3. The van der Waals surface area contributed by atoms with Crippen LogP contribution in [-0.2, 0) is 11.9 Å². The average Bonchev–Trinajstić information content (AvgIpc) is 2.80. The highest BCUT2D eigenvalue weighted by atomic mass is 32.2. The summed E-state index contributed by atoms with van der Waals surface area (Å²) in [4.78, 5) is 4.02. The number of halogens is 3. The first-order chi connectivity index (χ1) is 9.81. The molecule has 110 valence electrons. The summed E-state index contributed by atoms with van der Waals surface area (Å²) in [6.07, 6.45) is -4.58. The van der Waals surface area contributed by atoms with Crippen LogP contribution in [0.15, 0.2) is 21.7 Å². The van der Waals surface area contributed by atoms with E-state index >= 15 is 0 Å². The first-order valence-electron chi connectivity index (χ1n) is 5.85. The zero-order valence-corrected chi connectivity index (χ0v) is 12.0. The molecule has 2 aromatic heterocycles. The second-order valence-electron chi connectivity index (χ2n) is 4.32. The Labute approximate surface area is 123 Å². The molecule has 0 amide bonds. The van der Waals surface area contributed by atoms with Gasteiger partial charge in [0.25, 0.3) is 0 Å². The van der Waals surface area contributed by atoms with Gasteiger partial charge in [0.05, 0.1) is 16.8 Å². The van der Waals surface area contributed by atoms with Crippen LogP contribution in [0.1, 0.15) is 28.3 Å². The first kappa shape index (κ1) is 15.4. The summed E-state index contributed by atoms with van der Waals surface area (Å²) in [5.74, 6) is 0.888. The Bertz CT molecular complexity index is 704. The SMILES string of the molecule is Cc1cc(C(F)(F)F)c(C#N)c(SCc2cc(C)on2)n1. The number of nitrogens with zero attached hydrogens (tertiary/aromatic N) is 3. The molecule has 2 heterocycles. The molecule has 0 radical (unpaired) electrons. The van der Waals surface area contributed by atoms with Gasteiger partial charge < -0.3 is 4.52 Å². The van der Waals surface area contributed by atoms with Gasteiger partial charge in [-0.3, -0.25) is 0 Å². The molecule has 0 saturated heterocycles. The van der Waals surface area contributed by atoms with Gasteiger partial charge in [-0.1, -0.05) is 16.9 Å². The molecule has 0 fully saturated rings. The van der Waals surface area contributed by atoms with Crippen LogP contribution in [0.3, 0.4) is 0 Å². The fourth-order valence-electron chi connectivity index (χ4n) is 1.71. The Morgan fingerprint density at radius 2 is 2.05 bits per heavy atom. The number of nitriles is 1. The molecule has 0 aliphatic carbocycles. The normalized spacial score (nSPS) is 11.4. The smallest absolute Gasteiger partial charge is 0.361 e. The van der Waals surface area contributed by atoms with Crippen LogP contribution in [0.25, 0.3) is 0 Å². The van der Waals surface area contributed by atoms with E-state index in [0.717, 1.165) is 17.8 Å². The Morgan fingerprint density at radius 1 is 1.33 bits per heavy atom. The average molecular weight is 313 g/mol. The second-order valence-corrected chi connectivity index (χ2v) is 5.28. The molecule has 0 aliphatic rings. The van der Waals surface area contributed by atoms with Crippen LogP contribution >= 0.6 is 11.8 Å². The quantitative estimate of drug-likeness (QED) is 0.805. The lowest BCUT2D eigenvalue weighted by Gasteiger charge is -2.12. The van der Waals surface area contributed by atoms with Gasteiger partial charge in [0.15, 0.2) is 0 Å². The summed E-state index contributed by atoms with van der Waals surface area (Å²) >= 11 is 1.03. The zero-order valence-electron chi connectivity index (χ0n) is 11.2. The van der Waals surface area contributed by atoms with Crippen molar-refractivity contribution in [1.82, 2.24) is 10.1 Å². The van der Waals surface area contributed by atoms with Gasteiger partial charge in [-0.15, -0.1) is 0 Å². The monoisotopic (exact) mass is 313 g/mol. The number of aryl methyl sites for hydroxylation is 2. The van der Waals surface area contributed by atoms with Crippen LogP contribution in [0.4, 0.5) is 13.2 Å². The fourth-order valence-corrected chi connectivity index (χ4v) is 2.64. The highest BCUT2D eigenvalue weighted by Gasteiger charge is 2.35. The summed E-state index contributed by atoms with van der Waals surface area (Å²) in [5.41, 5.74) is -0.631. The number of hydrogen-bond acceptors (Lipinski definition) is 5. The van der Waals surface area contributed by atoms with Crippen molar-refractivity contribution in [3.8, 4) is 6.07 Å². The molecule has 2 aromatic rings. The van der Waals surface area contributed by atoms with Crippen molar-refractivity contribution in [2.45, 2.75) is 30.8 Å². The molecular weight excluding hydrogens is 303 g/mol. The van der Waals surface area contributed by atoms with E-state index in [-0.39, 0.29) is 16.5 Å². The molecule has 4 nitrogen and oxygen atoms in total. The lowest BCUT2D eigenvalue weighted by molar-refractivity contribution is -0.138.